The van der Waals surface area contributed by atoms with Crippen molar-refractivity contribution in [3.63, 3.8) is 0 Å². The minimum Gasteiger partial charge on any atom is -0.384 e. The van der Waals surface area contributed by atoms with Crippen molar-refractivity contribution >= 4 is 11.5 Å². The predicted molar refractivity (Wildman–Crippen MR) is 32.5 cm³/mol. The topological polar surface area (TPSA) is 66.7 Å². The highest BCUT2D eigenvalue weighted by Gasteiger charge is 1.93. The third-order valence-corrected chi connectivity index (χ3v) is 0.938. The molecule has 8 heavy (non-hydrogen) atoms. The maximum atomic E-state index is 5.37. The van der Waals surface area contributed by atoms with Crippen LogP contribution in [0.2, 0.25) is 0 Å². The summed E-state index contributed by atoms with van der Waals surface area (Å²) in [6.07, 6.45) is 1.63. The van der Waals surface area contributed by atoms with Crippen molar-refractivity contribution in [1.82, 2.24) is 10.2 Å². The summed E-state index contributed by atoms with van der Waals surface area (Å²) < 4.78 is 0. The van der Waals surface area contributed by atoms with Crippen molar-refractivity contribution in [3.05, 3.63) is 6.20 Å². The fourth-order valence-corrected chi connectivity index (χ4v) is 0.495. The maximum Gasteiger partial charge on any atom is 0.142 e. The lowest BCUT2D eigenvalue weighted by molar-refractivity contribution is 1.10. The van der Waals surface area contributed by atoms with Gasteiger partial charge >= 0.3 is 0 Å². The summed E-state index contributed by atoms with van der Waals surface area (Å²) in [5, 5.41) is 9.12. The number of aromatic amines is 1. The number of hydrogen-bond acceptors (Lipinski definition) is 3. The van der Waals surface area contributed by atoms with Crippen LogP contribution < -0.4 is 11.1 Å². The van der Waals surface area contributed by atoms with E-state index in [1.54, 1.807) is 13.2 Å². The van der Waals surface area contributed by atoms with Gasteiger partial charge in [-0.3, -0.25) is 5.10 Å². The molecule has 0 aliphatic heterocycles. The van der Waals surface area contributed by atoms with Gasteiger partial charge in [-0.05, 0) is 0 Å². The van der Waals surface area contributed by atoms with E-state index < -0.39 is 0 Å². The molecule has 4 N–H and O–H groups in total. The van der Waals surface area contributed by atoms with Crippen LogP contribution in [0.1, 0.15) is 0 Å². The molecule has 4 nitrogen and oxygen atoms in total. The normalized spacial score (nSPS) is 9.12. The highest BCUT2D eigenvalue weighted by molar-refractivity contribution is 5.59. The van der Waals surface area contributed by atoms with Crippen molar-refractivity contribution in [3.8, 4) is 0 Å². The second-order valence-corrected chi connectivity index (χ2v) is 1.45. The van der Waals surface area contributed by atoms with Crippen molar-refractivity contribution in [1.29, 1.82) is 0 Å². The monoisotopic (exact) mass is 112 g/mol. The third-order valence-electron chi connectivity index (χ3n) is 0.938. The molecular formula is C4H8N4. The van der Waals surface area contributed by atoms with Gasteiger partial charge < -0.3 is 11.1 Å². The highest BCUT2D eigenvalue weighted by Crippen LogP contribution is 2.10. The molecule has 1 aromatic heterocycles. The fourth-order valence-electron chi connectivity index (χ4n) is 0.495. The first kappa shape index (κ1) is 4.96. The van der Waals surface area contributed by atoms with Gasteiger partial charge in [0, 0.05) is 7.05 Å². The molecule has 1 heterocycles. The molecule has 0 atom stereocenters. The van der Waals surface area contributed by atoms with Crippen LogP contribution in [-0.2, 0) is 0 Å². The molecule has 0 spiro atoms. The van der Waals surface area contributed by atoms with Crippen molar-refractivity contribution in [2.75, 3.05) is 18.1 Å². The zero-order valence-electron chi connectivity index (χ0n) is 4.60. The molecule has 0 aliphatic rings. The van der Waals surface area contributed by atoms with Crippen LogP contribution in [0.5, 0.6) is 0 Å². The number of hydrogen-bond donors (Lipinski definition) is 3. The third kappa shape index (κ3) is 0.598. The lowest BCUT2D eigenvalue weighted by Gasteiger charge is -1.91. The molecule has 0 fully saturated rings. The first-order valence-electron chi connectivity index (χ1n) is 2.31. The number of H-pyrrole nitrogens is 1. The van der Waals surface area contributed by atoms with E-state index in [2.05, 4.69) is 15.5 Å². The van der Waals surface area contributed by atoms with E-state index >= 15 is 0 Å². The van der Waals surface area contributed by atoms with E-state index in [1.165, 1.54) is 0 Å². The molecule has 1 rings (SSSR count). The Hall–Kier alpha value is -1.19. The molecule has 1 aromatic rings. The number of nitrogens with one attached hydrogen (secondary N) is 2. The van der Waals surface area contributed by atoms with Crippen molar-refractivity contribution in [2.45, 2.75) is 0 Å². The van der Waals surface area contributed by atoms with E-state index in [0.29, 0.717) is 5.82 Å². The average molecular weight is 112 g/mol. The van der Waals surface area contributed by atoms with Gasteiger partial charge in [-0.1, -0.05) is 0 Å². The van der Waals surface area contributed by atoms with Gasteiger partial charge in [-0.15, -0.1) is 0 Å². The van der Waals surface area contributed by atoms with Gasteiger partial charge in [-0.25, -0.2) is 0 Å². The molecule has 0 amide bonds. The highest BCUT2D eigenvalue weighted by atomic mass is 15.2. The fraction of sp³-hybridized carbons (Fsp3) is 0.250. The smallest absolute Gasteiger partial charge is 0.142 e. The minimum atomic E-state index is 0.576. The van der Waals surface area contributed by atoms with Gasteiger partial charge in [0.05, 0.1) is 11.9 Å². The molecule has 0 bridgehead atoms. The number of nitrogens with zero attached hydrogens (tertiary/aromatic N) is 1. The number of anilines is 2. The SMILES string of the molecule is CNc1cn[nH]c1N. The Morgan fingerprint density at radius 2 is 2.62 bits per heavy atom. The Bertz CT molecular complexity index is 168. The van der Waals surface area contributed by atoms with E-state index in [4.69, 9.17) is 5.73 Å². The summed E-state index contributed by atoms with van der Waals surface area (Å²) in [6.45, 7) is 0. The summed E-state index contributed by atoms with van der Waals surface area (Å²) in [5.74, 6) is 0.576. The first-order valence-corrected chi connectivity index (χ1v) is 2.31. The summed E-state index contributed by atoms with van der Waals surface area (Å²) in [4.78, 5) is 0. The van der Waals surface area contributed by atoms with Gasteiger partial charge in [0.15, 0.2) is 0 Å². The molecule has 0 saturated heterocycles. The zero-order chi connectivity index (χ0) is 5.98. The molecule has 4 heteroatoms. The van der Waals surface area contributed by atoms with Gasteiger partial charge in [-0.2, -0.15) is 5.10 Å². The Balaban J connectivity index is 2.92. The second-order valence-electron chi connectivity index (χ2n) is 1.45. The van der Waals surface area contributed by atoms with Crippen LogP contribution in [0.25, 0.3) is 0 Å². The average Bonchev–Trinajstić information content (AvgIpc) is 2.14. The van der Waals surface area contributed by atoms with Crippen LogP contribution in [-0.4, -0.2) is 17.2 Å². The first-order chi connectivity index (χ1) is 3.84. The largest absolute Gasteiger partial charge is 0.384 e. The molecule has 44 valence electrons. The van der Waals surface area contributed by atoms with E-state index in [-0.39, 0.29) is 0 Å². The van der Waals surface area contributed by atoms with Gasteiger partial charge in [0.25, 0.3) is 0 Å². The minimum absolute atomic E-state index is 0.576. The van der Waals surface area contributed by atoms with Gasteiger partial charge in [0.1, 0.15) is 5.82 Å². The summed E-state index contributed by atoms with van der Waals surface area (Å²) in [7, 11) is 1.79. The number of rotatable bonds is 1. The Labute approximate surface area is 47.1 Å². The Morgan fingerprint density at radius 3 is 2.88 bits per heavy atom. The van der Waals surface area contributed by atoms with Crippen LogP contribution in [0, 0.1) is 0 Å². The molecular weight excluding hydrogens is 104 g/mol. The molecule has 0 unspecified atom stereocenters. The number of nitrogens with two attached hydrogens (primary N) is 1. The van der Waals surface area contributed by atoms with Crippen molar-refractivity contribution < 1.29 is 0 Å². The Kier molecular flexibility index (Phi) is 1.07. The quantitative estimate of drug-likeness (QED) is 0.480. The number of aromatic nitrogens is 2. The Morgan fingerprint density at radius 1 is 1.88 bits per heavy atom. The van der Waals surface area contributed by atoms with Crippen LogP contribution >= 0.6 is 0 Å². The lowest BCUT2D eigenvalue weighted by atomic mass is 10.5. The second kappa shape index (κ2) is 1.73. The van der Waals surface area contributed by atoms with E-state index in [1.807, 2.05) is 0 Å². The summed E-state index contributed by atoms with van der Waals surface area (Å²) >= 11 is 0. The van der Waals surface area contributed by atoms with Crippen LogP contribution in [0.15, 0.2) is 6.20 Å². The van der Waals surface area contributed by atoms with Gasteiger partial charge in [0.2, 0.25) is 0 Å². The molecule has 0 aromatic carbocycles. The van der Waals surface area contributed by atoms with Crippen LogP contribution in [0.3, 0.4) is 0 Å². The molecule has 0 radical (unpaired) electrons. The zero-order valence-corrected chi connectivity index (χ0v) is 4.60. The molecule has 0 aliphatic carbocycles. The summed E-state index contributed by atoms with van der Waals surface area (Å²) in [6, 6.07) is 0. The predicted octanol–water partition coefficient (Wildman–Crippen LogP) is 0.0336. The van der Waals surface area contributed by atoms with Crippen molar-refractivity contribution in [2.24, 2.45) is 0 Å². The van der Waals surface area contributed by atoms with E-state index in [0.717, 1.165) is 5.69 Å². The summed E-state index contributed by atoms with van der Waals surface area (Å²) in [5.41, 5.74) is 6.21. The number of nitrogen functional groups attached to an aromatic ring is 1. The molecule has 0 saturated carbocycles. The van der Waals surface area contributed by atoms with E-state index in [9.17, 15) is 0 Å². The maximum absolute atomic E-state index is 5.37. The standard InChI is InChI=1S/C4H8N4/c1-6-3-2-7-8-4(3)5/h2,6H,1H3,(H3,5,7,8). The lowest BCUT2D eigenvalue weighted by Crippen LogP contribution is -1.91. The van der Waals surface area contributed by atoms with Crippen LogP contribution in [0.4, 0.5) is 11.5 Å².